The maximum absolute atomic E-state index is 12.7. The lowest BCUT2D eigenvalue weighted by Crippen LogP contribution is -2.58. The molecule has 6 heterocycles. The molecule has 0 N–H and O–H groups in total. The number of carbonyl (C=O) groups excluding carboxylic acids is 15. The molecule has 0 aromatic rings. The Balaban J connectivity index is -0.000000496. The fourth-order valence-electron chi connectivity index (χ4n) is 15.2. The zero-order chi connectivity index (χ0) is 92.6. The van der Waals surface area contributed by atoms with Crippen LogP contribution in [-0.4, -0.2) is 175 Å². The van der Waals surface area contributed by atoms with Crippen LogP contribution in [0.3, 0.4) is 0 Å². The topological polar surface area (TPSA) is 394 Å². The van der Waals surface area contributed by atoms with Crippen molar-refractivity contribution in [2.45, 2.75) is 503 Å². The third-order valence-corrected chi connectivity index (χ3v) is 27.6. The summed E-state index contributed by atoms with van der Waals surface area (Å²) in [5.74, 6) is -7.27. The lowest BCUT2D eigenvalue weighted by molar-refractivity contribution is -0.225. The van der Waals surface area contributed by atoms with Crippen LogP contribution in [0.5, 0.6) is 0 Å². The zero-order valence-electron chi connectivity index (χ0n) is 78.1. The molecule has 0 aromatic heterocycles. The molecule has 0 aromatic carbocycles. The first-order chi connectivity index (χ1) is 54.9. The second kappa shape index (κ2) is 47.0. The molecule has 16 atom stereocenters. The molecule has 10 bridgehead atoms. The van der Waals surface area contributed by atoms with Gasteiger partial charge in [0.1, 0.15) is 57.5 Å². The van der Waals surface area contributed by atoms with Gasteiger partial charge in [0.25, 0.3) is 0 Å². The smallest absolute Gasteiger partial charge is 0.350 e. The van der Waals surface area contributed by atoms with Gasteiger partial charge < -0.3 is 71.1 Å². The number of hydrogen-bond acceptors (Lipinski definition) is 30. The van der Waals surface area contributed by atoms with Crippen LogP contribution in [0.4, 0.5) is 0 Å². The van der Waals surface area contributed by atoms with Gasteiger partial charge in [-0.05, 0) is 269 Å². The third kappa shape index (κ3) is 29.5. The van der Waals surface area contributed by atoms with E-state index in [1.165, 1.54) is 69.2 Å². The van der Waals surface area contributed by atoms with Crippen molar-refractivity contribution >= 4 is 89.5 Å². The Labute approximate surface area is 788 Å². The molecule has 6 saturated heterocycles. The maximum Gasteiger partial charge on any atom is 0.350 e. The van der Waals surface area contributed by atoms with Crippen LogP contribution >= 0.6 is 0 Å². The molecule has 6 aliphatic heterocycles. The summed E-state index contributed by atoms with van der Waals surface area (Å²) in [6.07, 6.45) is 10.5. The van der Waals surface area contributed by atoms with Crippen LogP contribution in [0, 0.1) is 57.2 Å². The summed E-state index contributed by atoms with van der Waals surface area (Å²) in [5.41, 5.74) is -15.6. The highest BCUT2D eigenvalue weighted by Crippen LogP contribution is 2.54. The molecule has 11 rings (SSSR count). The molecule has 0 spiro atoms. The van der Waals surface area contributed by atoms with E-state index >= 15 is 0 Å². The summed E-state index contributed by atoms with van der Waals surface area (Å²) in [4.78, 5) is 183. The van der Waals surface area contributed by atoms with Gasteiger partial charge in [-0.25, -0.2) is 24.0 Å². The van der Waals surface area contributed by atoms with Crippen LogP contribution < -0.4 is 0 Å². The van der Waals surface area contributed by atoms with Crippen molar-refractivity contribution in [3.63, 3.8) is 0 Å². The monoisotopic (exact) mass is 1880 g/mol. The molecule has 30 nitrogen and oxygen atoms in total. The molecule has 131 heavy (non-hydrogen) atoms. The zero-order valence-corrected chi connectivity index (χ0v) is 78.1. The number of esters is 15. The van der Waals surface area contributed by atoms with Gasteiger partial charge in [0.05, 0.1) is 57.2 Å². The van der Waals surface area contributed by atoms with E-state index in [9.17, 15) is 71.9 Å². The summed E-state index contributed by atoms with van der Waals surface area (Å²) in [5, 5.41) is 0. The van der Waals surface area contributed by atoms with Gasteiger partial charge in [-0.3, -0.25) is 47.9 Å². The van der Waals surface area contributed by atoms with Gasteiger partial charge in [-0.2, -0.15) is 0 Å². The molecule has 16 unspecified atom stereocenters. The molecule has 11 fully saturated rings. The molecular formula is C101H182O30. The van der Waals surface area contributed by atoms with Gasteiger partial charge in [0, 0.05) is 32.1 Å². The Morgan fingerprint density at radius 1 is 0.328 bits per heavy atom. The van der Waals surface area contributed by atoms with Crippen molar-refractivity contribution in [1.82, 2.24) is 0 Å². The molecule has 5 saturated carbocycles. The van der Waals surface area contributed by atoms with E-state index in [2.05, 4.69) is 0 Å². The number of rotatable bonds is 25. The van der Waals surface area contributed by atoms with Crippen molar-refractivity contribution < 1.29 is 143 Å². The highest BCUT2D eigenvalue weighted by Gasteiger charge is 2.65. The van der Waals surface area contributed by atoms with E-state index in [1.807, 2.05) is 34.6 Å². The number of ether oxygens (including phenoxy) is 15. The van der Waals surface area contributed by atoms with Crippen molar-refractivity contribution in [2.75, 3.05) is 0 Å². The van der Waals surface area contributed by atoms with Crippen molar-refractivity contribution in [2.24, 2.45) is 57.2 Å². The summed E-state index contributed by atoms with van der Waals surface area (Å²) in [6, 6.07) is 0. The molecule has 0 radical (unpaired) electrons. The number of fused-ring (bicyclic) bond motifs is 11. The minimum absolute atomic E-state index is 0. The normalized spacial score (nSPS) is 28.7. The van der Waals surface area contributed by atoms with Gasteiger partial charge in [-0.1, -0.05) is 116 Å². The fraction of sp³-hybridized carbons (Fsp3) is 0.851. The Hall–Kier alpha value is -7.95. The third-order valence-electron chi connectivity index (χ3n) is 27.6. The second-order valence-corrected chi connectivity index (χ2v) is 41.5. The van der Waals surface area contributed by atoms with Crippen LogP contribution in [-0.2, 0) is 143 Å². The van der Waals surface area contributed by atoms with Gasteiger partial charge >= 0.3 is 89.5 Å². The highest BCUT2D eigenvalue weighted by molar-refractivity contribution is 5.89. The predicted molar refractivity (Wildman–Crippen MR) is 502 cm³/mol. The summed E-state index contributed by atoms with van der Waals surface area (Å²) in [7, 11) is 0. The lowest BCUT2D eigenvalue weighted by atomic mass is 9.71. The van der Waals surface area contributed by atoms with E-state index in [4.69, 9.17) is 71.1 Å². The highest BCUT2D eigenvalue weighted by atomic mass is 16.7. The minimum atomic E-state index is -1.41. The SMILES string of the molecule is C.C.C.C.C.C.C.C.C.C.CCC(C)(C)C(=O)OC(C)(C)C(=O)OC1(C)CCC2CC1(C)OC2=O.CCC(C)(C)C(=O)OC(C)(C)C(=O)OC1(C)CCC2CC1OC2=O.CCC(C)(C)C(=O)OC(C)(C)C(=O)OC1CC2CCC1(C)OC2=O.CCC(C)(C)C(=O)OC(C)(C)C(=O)OC1CCC2CC1(C)OC2=O.CCC(C)C(=O)OC(C)(C)C(=O)OC1(C)CCC2CC1(C)OC2=O. The molecule has 766 valence electrons. The van der Waals surface area contributed by atoms with E-state index in [1.54, 1.807) is 111 Å². The van der Waals surface area contributed by atoms with Crippen molar-refractivity contribution in [1.29, 1.82) is 0 Å². The molecule has 11 aliphatic rings. The Bertz CT molecular complexity index is 3880. The first kappa shape index (κ1) is 132. The maximum atomic E-state index is 12.7. The summed E-state index contributed by atoms with van der Waals surface area (Å²) in [6.45, 7) is 53.2. The summed E-state index contributed by atoms with van der Waals surface area (Å²) < 4.78 is 82.7. The second-order valence-electron chi connectivity index (χ2n) is 41.5. The minimum Gasteiger partial charge on any atom is -0.458 e. The van der Waals surface area contributed by atoms with E-state index in [-0.39, 0.29) is 140 Å². The first-order valence-corrected chi connectivity index (χ1v) is 43.3. The largest absolute Gasteiger partial charge is 0.458 e. The summed E-state index contributed by atoms with van der Waals surface area (Å²) >= 11 is 0. The van der Waals surface area contributed by atoms with Gasteiger partial charge in [-0.15, -0.1) is 0 Å². The predicted octanol–water partition coefficient (Wildman–Crippen LogP) is 20.6. The quantitative estimate of drug-likeness (QED) is 0.0605. The average Bonchev–Trinajstić information content (AvgIpc) is 1.67. The lowest BCUT2D eigenvalue weighted by Gasteiger charge is -2.48. The van der Waals surface area contributed by atoms with Crippen molar-refractivity contribution in [3.8, 4) is 0 Å². The molecule has 0 amide bonds. The van der Waals surface area contributed by atoms with E-state index in [0.717, 1.165) is 6.42 Å². The number of hydrogen-bond donors (Lipinski definition) is 0. The Morgan fingerprint density at radius 2 is 0.626 bits per heavy atom. The standard InChI is InChI=1S/C19H30O6.4C18H28O6.10CH4/c1-8-16(2,3)14(21)24-17(4,5)15(22)25-18(6)10-9-12-11-19(18,7)23-13(12)20;1-7-16(2,3)14(20)24-17(4,5)15(21)22-12-10-11-8-9-18(12,6)23-13(11)19;1-7-16(2,3)14(20)23-17(4,5)15(21)24-18(6)9-8-11-10-12(18)22-13(11)19;1-7-16(2,3)14(20)24-17(4,5)15(21)22-12-9-8-11-10-18(12,6)23-13(11)19;1-7-11(2)13(19)22-16(3,4)15(21)24-17(5)9-8-12-10-18(17,6)23-14(12)20;;;;;;;;;;/h12H,8-11H2,1-7H3;4*11-12H,7-10H2,1-6H3;10*1H4. The van der Waals surface area contributed by atoms with Gasteiger partial charge in [0.2, 0.25) is 28.0 Å². The average molecular weight is 1880 g/mol. The van der Waals surface area contributed by atoms with Crippen molar-refractivity contribution in [3.05, 3.63) is 0 Å². The fourth-order valence-corrected chi connectivity index (χ4v) is 15.2. The molecular weight excluding hydrogens is 1690 g/mol. The number of carbonyl (C=O) groups is 15. The van der Waals surface area contributed by atoms with E-state index < -0.39 is 167 Å². The molecule has 5 aliphatic carbocycles. The molecule has 30 heteroatoms. The van der Waals surface area contributed by atoms with Gasteiger partial charge in [0.15, 0.2) is 0 Å². The Kier molecular flexibility index (Phi) is 47.2. The van der Waals surface area contributed by atoms with Crippen LogP contribution in [0.1, 0.15) is 417 Å². The van der Waals surface area contributed by atoms with Crippen LogP contribution in [0.15, 0.2) is 0 Å². The van der Waals surface area contributed by atoms with Crippen LogP contribution in [0.2, 0.25) is 0 Å². The van der Waals surface area contributed by atoms with E-state index in [0.29, 0.717) is 122 Å². The van der Waals surface area contributed by atoms with Crippen LogP contribution in [0.25, 0.3) is 0 Å². The Morgan fingerprint density at radius 3 is 0.977 bits per heavy atom. The first-order valence-electron chi connectivity index (χ1n) is 43.3.